The first-order valence-electron chi connectivity index (χ1n) is 6.65. The number of nitrogens with one attached hydrogen (secondary N) is 1. The normalized spacial score (nSPS) is 16.1. The van der Waals surface area contributed by atoms with E-state index in [1.807, 2.05) is 11.8 Å². The van der Waals surface area contributed by atoms with Crippen LogP contribution in [0.3, 0.4) is 0 Å². The molecule has 0 amide bonds. The van der Waals surface area contributed by atoms with Gasteiger partial charge in [0.1, 0.15) is 0 Å². The molecule has 1 aliphatic rings. The summed E-state index contributed by atoms with van der Waals surface area (Å²) in [7, 11) is 1.72. The van der Waals surface area contributed by atoms with Crippen LogP contribution in [0, 0.1) is 5.92 Å². The van der Waals surface area contributed by atoms with Crippen LogP contribution in [0.1, 0.15) is 19.8 Å². The number of aromatic nitrogens is 3. The summed E-state index contributed by atoms with van der Waals surface area (Å²) in [5, 5.41) is 3.00. The summed E-state index contributed by atoms with van der Waals surface area (Å²) in [5.41, 5.74) is 0. The summed E-state index contributed by atoms with van der Waals surface area (Å²) in [6, 6.07) is 0. The predicted octanol–water partition coefficient (Wildman–Crippen LogP) is 1.35. The zero-order valence-corrected chi connectivity index (χ0v) is 12.4. The lowest BCUT2D eigenvalue weighted by Gasteiger charge is -2.30. The molecular formula is C12H18ClN5O2. The van der Waals surface area contributed by atoms with Gasteiger partial charge in [0, 0.05) is 20.1 Å². The van der Waals surface area contributed by atoms with Crippen molar-refractivity contribution in [2.45, 2.75) is 19.8 Å². The number of halogens is 1. The van der Waals surface area contributed by atoms with Gasteiger partial charge in [0.15, 0.2) is 0 Å². The number of ether oxygens (including phenoxy) is 1. The van der Waals surface area contributed by atoms with Crippen LogP contribution in [0.2, 0.25) is 5.28 Å². The topological polar surface area (TPSA) is 80.2 Å². The second kappa shape index (κ2) is 6.69. The molecule has 0 radical (unpaired) electrons. The first-order chi connectivity index (χ1) is 9.63. The summed E-state index contributed by atoms with van der Waals surface area (Å²) >= 11 is 5.87. The molecule has 0 atom stereocenters. The second-order valence-corrected chi connectivity index (χ2v) is 4.83. The molecule has 20 heavy (non-hydrogen) atoms. The Hall–Kier alpha value is -1.63. The molecule has 2 rings (SSSR count). The maximum Gasteiger partial charge on any atom is 0.309 e. The zero-order chi connectivity index (χ0) is 14.5. The lowest BCUT2D eigenvalue weighted by atomic mass is 9.97. The molecule has 0 unspecified atom stereocenters. The van der Waals surface area contributed by atoms with Gasteiger partial charge in [-0.25, -0.2) is 0 Å². The molecule has 2 heterocycles. The number of anilines is 2. The average Bonchev–Trinajstić information content (AvgIpc) is 2.47. The van der Waals surface area contributed by atoms with E-state index in [-0.39, 0.29) is 17.2 Å². The molecule has 0 bridgehead atoms. The van der Waals surface area contributed by atoms with Crippen LogP contribution in [-0.4, -0.2) is 47.7 Å². The van der Waals surface area contributed by atoms with Crippen molar-refractivity contribution in [2.24, 2.45) is 5.92 Å². The molecular weight excluding hydrogens is 282 g/mol. The zero-order valence-electron chi connectivity index (χ0n) is 11.6. The fourth-order valence-electron chi connectivity index (χ4n) is 2.17. The van der Waals surface area contributed by atoms with Crippen LogP contribution >= 0.6 is 11.6 Å². The molecule has 8 heteroatoms. The molecule has 0 saturated carbocycles. The van der Waals surface area contributed by atoms with Gasteiger partial charge in [0.2, 0.25) is 17.2 Å². The molecule has 1 N–H and O–H groups in total. The van der Waals surface area contributed by atoms with Crippen LogP contribution in [0.5, 0.6) is 0 Å². The summed E-state index contributed by atoms with van der Waals surface area (Å²) in [5.74, 6) is 0.827. The fourth-order valence-corrected chi connectivity index (χ4v) is 2.32. The average molecular weight is 300 g/mol. The van der Waals surface area contributed by atoms with Crippen molar-refractivity contribution in [2.75, 3.05) is 37.0 Å². The van der Waals surface area contributed by atoms with Gasteiger partial charge in [-0.15, -0.1) is 0 Å². The number of carbonyl (C=O) groups excluding carboxylic acids is 1. The van der Waals surface area contributed by atoms with E-state index in [4.69, 9.17) is 16.3 Å². The number of carbonyl (C=O) groups is 1. The quantitative estimate of drug-likeness (QED) is 0.840. The summed E-state index contributed by atoms with van der Waals surface area (Å²) in [6.45, 7) is 3.65. The first-order valence-corrected chi connectivity index (χ1v) is 7.02. The number of esters is 1. The highest BCUT2D eigenvalue weighted by Gasteiger charge is 2.27. The smallest absolute Gasteiger partial charge is 0.309 e. The van der Waals surface area contributed by atoms with Gasteiger partial charge in [-0.1, -0.05) is 0 Å². The Morgan fingerprint density at radius 3 is 2.70 bits per heavy atom. The van der Waals surface area contributed by atoms with E-state index in [9.17, 15) is 4.79 Å². The van der Waals surface area contributed by atoms with E-state index >= 15 is 0 Å². The van der Waals surface area contributed by atoms with Crippen molar-refractivity contribution in [1.82, 2.24) is 15.0 Å². The van der Waals surface area contributed by atoms with E-state index in [2.05, 4.69) is 20.3 Å². The van der Waals surface area contributed by atoms with Gasteiger partial charge >= 0.3 is 5.97 Å². The van der Waals surface area contributed by atoms with Gasteiger partial charge in [-0.05, 0) is 31.4 Å². The molecule has 1 aliphatic heterocycles. The first kappa shape index (κ1) is 14.8. The van der Waals surface area contributed by atoms with Gasteiger partial charge in [0.05, 0.1) is 12.5 Å². The van der Waals surface area contributed by atoms with E-state index in [1.165, 1.54) is 0 Å². The van der Waals surface area contributed by atoms with Gasteiger partial charge in [0.25, 0.3) is 0 Å². The molecule has 1 aromatic rings. The van der Waals surface area contributed by atoms with E-state index in [0.717, 1.165) is 12.8 Å². The molecule has 0 spiro atoms. The Morgan fingerprint density at radius 2 is 2.10 bits per heavy atom. The molecule has 1 fully saturated rings. The minimum absolute atomic E-state index is 0.0349. The van der Waals surface area contributed by atoms with Crippen LogP contribution in [0.25, 0.3) is 0 Å². The molecule has 1 aromatic heterocycles. The standard InChI is InChI=1S/C12H18ClN5O2/c1-3-20-9(19)8-4-6-18(7-5-8)12-16-10(13)15-11(14-2)17-12/h8H,3-7H2,1-2H3,(H,14,15,16,17). The van der Waals surface area contributed by atoms with Gasteiger partial charge < -0.3 is 15.0 Å². The van der Waals surface area contributed by atoms with Crippen molar-refractivity contribution < 1.29 is 9.53 Å². The lowest BCUT2D eigenvalue weighted by Crippen LogP contribution is -2.38. The van der Waals surface area contributed by atoms with Crippen LogP contribution < -0.4 is 10.2 Å². The Balaban J connectivity index is 2.00. The second-order valence-electron chi connectivity index (χ2n) is 4.49. The predicted molar refractivity (Wildman–Crippen MR) is 76.0 cm³/mol. The Labute approximate surface area is 122 Å². The summed E-state index contributed by atoms with van der Waals surface area (Å²) < 4.78 is 5.05. The molecule has 110 valence electrons. The maximum absolute atomic E-state index is 11.7. The van der Waals surface area contributed by atoms with E-state index in [0.29, 0.717) is 31.6 Å². The van der Waals surface area contributed by atoms with Crippen molar-refractivity contribution in [3.8, 4) is 0 Å². The maximum atomic E-state index is 11.7. The van der Waals surface area contributed by atoms with Crippen LogP contribution in [0.15, 0.2) is 0 Å². The molecule has 7 nitrogen and oxygen atoms in total. The Bertz CT molecular complexity index is 477. The van der Waals surface area contributed by atoms with Crippen LogP contribution in [0.4, 0.5) is 11.9 Å². The number of rotatable bonds is 4. The molecule has 1 saturated heterocycles. The monoisotopic (exact) mass is 299 g/mol. The fraction of sp³-hybridized carbons (Fsp3) is 0.667. The van der Waals surface area contributed by atoms with Crippen molar-refractivity contribution in [1.29, 1.82) is 0 Å². The third-order valence-corrected chi connectivity index (χ3v) is 3.39. The van der Waals surface area contributed by atoms with E-state index in [1.54, 1.807) is 7.05 Å². The number of nitrogens with zero attached hydrogens (tertiary/aromatic N) is 4. The summed E-state index contributed by atoms with van der Waals surface area (Å²) in [6.07, 6.45) is 1.47. The Kier molecular flexibility index (Phi) is 4.94. The summed E-state index contributed by atoms with van der Waals surface area (Å²) in [4.78, 5) is 26.0. The van der Waals surface area contributed by atoms with E-state index < -0.39 is 0 Å². The SMILES string of the molecule is CCOC(=O)C1CCN(c2nc(Cl)nc(NC)n2)CC1. The molecule has 0 aromatic carbocycles. The van der Waals surface area contributed by atoms with Gasteiger partial charge in [-0.3, -0.25) is 4.79 Å². The van der Waals surface area contributed by atoms with Crippen LogP contribution in [-0.2, 0) is 9.53 Å². The minimum Gasteiger partial charge on any atom is -0.466 e. The highest BCUT2D eigenvalue weighted by atomic mass is 35.5. The third-order valence-electron chi connectivity index (χ3n) is 3.22. The van der Waals surface area contributed by atoms with Crippen molar-refractivity contribution in [3.63, 3.8) is 0 Å². The number of piperidine rings is 1. The Morgan fingerprint density at radius 1 is 1.40 bits per heavy atom. The lowest BCUT2D eigenvalue weighted by molar-refractivity contribution is -0.148. The number of hydrogen-bond acceptors (Lipinski definition) is 7. The number of hydrogen-bond donors (Lipinski definition) is 1. The molecule has 0 aliphatic carbocycles. The van der Waals surface area contributed by atoms with Crippen molar-refractivity contribution in [3.05, 3.63) is 5.28 Å². The minimum atomic E-state index is -0.114. The highest BCUT2D eigenvalue weighted by molar-refractivity contribution is 6.28. The van der Waals surface area contributed by atoms with Gasteiger partial charge in [-0.2, -0.15) is 15.0 Å². The highest BCUT2D eigenvalue weighted by Crippen LogP contribution is 2.23. The largest absolute Gasteiger partial charge is 0.466 e. The third kappa shape index (κ3) is 3.47. The van der Waals surface area contributed by atoms with Crippen molar-refractivity contribution >= 4 is 29.5 Å².